The fraction of sp³-hybridized carbons (Fsp3) is 0.905. The average molecular weight is 437 g/mol. The van der Waals surface area contributed by atoms with E-state index in [2.05, 4.69) is 0 Å². The molecule has 0 aromatic carbocycles. The van der Waals surface area contributed by atoms with Gasteiger partial charge in [0.1, 0.15) is 0 Å². The van der Waals surface area contributed by atoms with Crippen LogP contribution in [0.3, 0.4) is 0 Å². The molecule has 0 aliphatic carbocycles. The third-order valence-corrected chi connectivity index (χ3v) is 8.00. The number of carboxylic acids is 1. The van der Waals surface area contributed by atoms with Crippen molar-refractivity contribution in [1.29, 1.82) is 0 Å². The Morgan fingerprint density at radius 1 is 0.793 bits per heavy atom. The van der Waals surface area contributed by atoms with Crippen LogP contribution < -0.4 is 0 Å². The zero-order valence-corrected chi connectivity index (χ0v) is 21.1. The summed E-state index contributed by atoms with van der Waals surface area (Å²) in [4.78, 5) is 22.1. The number of aliphatic carboxylic acids is 1. The summed E-state index contributed by atoms with van der Waals surface area (Å²) in [5.41, 5.74) is -0.964. The number of hydrogen-bond donors (Lipinski definition) is 1. The van der Waals surface area contributed by atoms with Crippen molar-refractivity contribution in [2.45, 2.75) is 87.6 Å². The summed E-state index contributed by atoms with van der Waals surface area (Å²) >= 11 is 0. The average Bonchev–Trinajstić information content (AvgIpc) is 2.66. The second-order valence-corrected chi connectivity index (χ2v) is 10.7. The molecule has 0 rings (SSSR count). The van der Waals surface area contributed by atoms with Crippen molar-refractivity contribution in [3.8, 4) is 0 Å². The predicted octanol–water partition coefficient (Wildman–Crippen LogP) is 4.91. The zero-order chi connectivity index (χ0) is 23.1. The lowest BCUT2D eigenvalue weighted by Gasteiger charge is -2.28. The van der Waals surface area contributed by atoms with Crippen LogP contribution in [0, 0.1) is 10.8 Å². The molecular weight excluding hydrogens is 392 g/mol. The van der Waals surface area contributed by atoms with Gasteiger partial charge in [0, 0.05) is 25.9 Å². The number of esters is 1. The number of rotatable bonds is 14. The van der Waals surface area contributed by atoms with Gasteiger partial charge in [-0.05, 0) is 67.7 Å². The van der Waals surface area contributed by atoms with E-state index in [9.17, 15) is 9.59 Å². The van der Waals surface area contributed by atoms with Crippen molar-refractivity contribution in [3.05, 3.63) is 0 Å². The summed E-state index contributed by atoms with van der Waals surface area (Å²) in [6.45, 7) is 19.0. The molecule has 0 saturated heterocycles. The molecule has 174 valence electrons. The van der Waals surface area contributed by atoms with E-state index >= 15 is 0 Å². The van der Waals surface area contributed by atoms with Gasteiger partial charge in [-0.15, -0.1) is 0 Å². The molecule has 0 aliphatic rings. The van der Waals surface area contributed by atoms with Crippen molar-refractivity contribution in [1.82, 2.24) is 0 Å². The first-order valence-corrected chi connectivity index (χ1v) is 12.6. The van der Waals surface area contributed by atoms with Crippen LogP contribution in [-0.4, -0.2) is 52.3 Å². The van der Waals surface area contributed by atoms with Crippen LogP contribution in [0.15, 0.2) is 0 Å². The van der Waals surface area contributed by atoms with Gasteiger partial charge in [-0.3, -0.25) is 9.59 Å². The molecule has 0 amide bonds. The predicted molar refractivity (Wildman–Crippen MR) is 117 cm³/mol. The summed E-state index contributed by atoms with van der Waals surface area (Å²) < 4.78 is 22.6. The summed E-state index contributed by atoms with van der Waals surface area (Å²) in [5.74, 6) is -0.874. The van der Waals surface area contributed by atoms with Gasteiger partial charge in [0.2, 0.25) is 0 Å². The number of ether oxygens (including phenoxy) is 1. The Kier molecular flexibility index (Phi) is 15.6. The van der Waals surface area contributed by atoms with Crippen molar-refractivity contribution in [2.75, 3.05) is 26.4 Å². The van der Waals surface area contributed by atoms with E-state index in [-0.39, 0.29) is 5.97 Å². The Morgan fingerprint density at radius 3 is 1.48 bits per heavy atom. The first-order valence-electron chi connectivity index (χ1n) is 10.7. The zero-order valence-electron chi connectivity index (χ0n) is 20.1. The van der Waals surface area contributed by atoms with Gasteiger partial charge in [-0.2, -0.15) is 0 Å². The highest BCUT2D eigenvalue weighted by Gasteiger charge is 2.40. The molecule has 29 heavy (non-hydrogen) atoms. The van der Waals surface area contributed by atoms with Gasteiger partial charge in [0.05, 0.1) is 17.4 Å². The molecule has 0 aromatic heterocycles. The molecule has 0 unspecified atom stereocenters. The van der Waals surface area contributed by atoms with E-state index in [4.69, 9.17) is 23.1 Å². The summed E-state index contributed by atoms with van der Waals surface area (Å²) in [7, 11) is -2.61. The molecule has 0 radical (unpaired) electrons. The largest absolute Gasteiger partial charge is 0.501 e. The lowest BCUT2D eigenvalue weighted by atomic mass is 9.91. The van der Waals surface area contributed by atoms with E-state index in [0.717, 1.165) is 6.42 Å². The van der Waals surface area contributed by atoms with Crippen molar-refractivity contribution in [2.24, 2.45) is 10.8 Å². The molecule has 0 fully saturated rings. The Hall–Kier alpha value is -0.963. The lowest BCUT2D eigenvalue weighted by molar-refractivity contribution is -0.154. The standard InChI is InChI=1S/C15H32O5Si.C6H12O2/c1-7-15(5,6)14(16)17-12-11-13-21(18-8-2,19-9-3)20-10-4;1-4-6(2,3)5(7)8/h7-13H2,1-6H3;4H2,1-3H3,(H,7,8). The van der Waals surface area contributed by atoms with Gasteiger partial charge in [0.25, 0.3) is 0 Å². The number of carboxylic acid groups (broad SMARTS) is 1. The van der Waals surface area contributed by atoms with Crippen LogP contribution in [0.2, 0.25) is 6.04 Å². The van der Waals surface area contributed by atoms with Crippen LogP contribution in [0.25, 0.3) is 0 Å². The first-order chi connectivity index (χ1) is 13.4. The summed E-state index contributed by atoms with van der Waals surface area (Å²) in [6.07, 6.45) is 2.14. The van der Waals surface area contributed by atoms with Gasteiger partial charge < -0.3 is 23.1 Å². The topological polar surface area (TPSA) is 91.3 Å². The Labute approximate surface area is 178 Å². The van der Waals surface area contributed by atoms with Crippen LogP contribution in [0.1, 0.15) is 81.6 Å². The third-order valence-electron chi connectivity index (χ3n) is 4.85. The summed E-state index contributed by atoms with van der Waals surface area (Å²) in [5, 5.41) is 8.44. The summed E-state index contributed by atoms with van der Waals surface area (Å²) in [6, 6.07) is 0.669. The highest BCUT2D eigenvalue weighted by Crippen LogP contribution is 2.23. The fourth-order valence-electron chi connectivity index (χ4n) is 1.95. The quantitative estimate of drug-likeness (QED) is 0.235. The molecule has 0 aliphatic heterocycles. The molecular formula is C21H44O7Si. The lowest BCUT2D eigenvalue weighted by Crippen LogP contribution is -2.46. The van der Waals surface area contributed by atoms with Crippen LogP contribution in [0.5, 0.6) is 0 Å². The highest BCUT2D eigenvalue weighted by atomic mass is 28.4. The van der Waals surface area contributed by atoms with E-state index in [1.165, 1.54) is 0 Å². The Bertz CT molecular complexity index is 447. The first kappa shape index (κ1) is 30.2. The molecule has 0 spiro atoms. The maximum absolute atomic E-state index is 11.9. The van der Waals surface area contributed by atoms with E-state index in [0.29, 0.717) is 45.3 Å². The Balaban J connectivity index is 0. The minimum atomic E-state index is -2.61. The highest BCUT2D eigenvalue weighted by molar-refractivity contribution is 6.60. The molecule has 0 heterocycles. The van der Waals surface area contributed by atoms with Gasteiger partial charge in [0.15, 0.2) is 0 Å². The normalized spacial score (nSPS) is 12.2. The number of carbonyl (C=O) groups excluding carboxylic acids is 1. The van der Waals surface area contributed by atoms with Crippen LogP contribution >= 0.6 is 0 Å². The molecule has 0 atom stereocenters. The van der Waals surface area contributed by atoms with Crippen molar-refractivity contribution >= 4 is 20.7 Å². The molecule has 0 bridgehead atoms. The molecule has 7 nitrogen and oxygen atoms in total. The molecule has 0 saturated carbocycles. The fourth-order valence-corrected chi connectivity index (χ4v) is 4.53. The Morgan fingerprint density at radius 2 is 1.21 bits per heavy atom. The van der Waals surface area contributed by atoms with Gasteiger partial charge >= 0.3 is 20.7 Å². The second kappa shape index (κ2) is 14.9. The van der Waals surface area contributed by atoms with E-state index in [1.54, 1.807) is 13.8 Å². The van der Waals surface area contributed by atoms with Crippen molar-refractivity contribution < 1.29 is 32.7 Å². The number of carbonyl (C=O) groups is 2. The molecule has 1 N–H and O–H groups in total. The van der Waals surface area contributed by atoms with E-state index in [1.807, 2.05) is 48.5 Å². The third kappa shape index (κ3) is 12.4. The SMILES string of the molecule is CCC(C)(C)C(=O)O.CCO[Si](CCCOC(=O)C(C)(C)CC)(OCC)OCC. The monoisotopic (exact) mass is 436 g/mol. The number of hydrogen-bond acceptors (Lipinski definition) is 6. The van der Waals surface area contributed by atoms with Gasteiger partial charge in [-0.25, -0.2) is 0 Å². The minimum absolute atomic E-state index is 0.151. The second-order valence-electron chi connectivity index (χ2n) is 8.00. The minimum Gasteiger partial charge on any atom is -0.481 e. The molecule has 8 heteroatoms. The maximum Gasteiger partial charge on any atom is 0.501 e. The van der Waals surface area contributed by atoms with Gasteiger partial charge in [-0.1, -0.05) is 13.8 Å². The van der Waals surface area contributed by atoms with Crippen molar-refractivity contribution in [3.63, 3.8) is 0 Å². The van der Waals surface area contributed by atoms with Crippen LogP contribution in [-0.2, 0) is 27.6 Å². The molecule has 0 aromatic rings. The van der Waals surface area contributed by atoms with Crippen LogP contribution in [0.4, 0.5) is 0 Å². The smallest absolute Gasteiger partial charge is 0.481 e. The van der Waals surface area contributed by atoms with E-state index < -0.39 is 25.6 Å². The maximum atomic E-state index is 11.9.